The normalized spacial score (nSPS) is 10.6. The molecule has 0 unspecified atom stereocenters. The Balaban J connectivity index is 1.84. The molecular formula is C21H22N4O2. The molecule has 1 aromatic heterocycles. The van der Waals surface area contributed by atoms with Gasteiger partial charge < -0.3 is 11.1 Å². The lowest BCUT2D eigenvalue weighted by Crippen LogP contribution is -2.26. The lowest BCUT2D eigenvalue weighted by Gasteiger charge is -2.09. The van der Waals surface area contributed by atoms with Crippen LogP contribution in [0.5, 0.6) is 0 Å². The maximum absolute atomic E-state index is 12.2. The molecule has 0 saturated heterocycles. The highest BCUT2D eigenvalue weighted by Gasteiger charge is 2.09. The van der Waals surface area contributed by atoms with Gasteiger partial charge in [-0.2, -0.15) is 5.10 Å². The molecule has 1 amide bonds. The summed E-state index contributed by atoms with van der Waals surface area (Å²) in [4.78, 5) is 24.4. The third-order valence-electron chi connectivity index (χ3n) is 4.13. The highest BCUT2D eigenvalue weighted by atomic mass is 16.1. The molecule has 2 aromatic carbocycles. The molecule has 0 aliphatic heterocycles. The number of carbonyl (C=O) groups is 1. The fourth-order valence-electron chi connectivity index (χ4n) is 2.70. The Bertz CT molecular complexity index is 967. The third-order valence-corrected chi connectivity index (χ3v) is 4.13. The second-order valence-electron chi connectivity index (χ2n) is 6.18. The first-order valence-electron chi connectivity index (χ1n) is 8.88. The predicted molar refractivity (Wildman–Crippen MR) is 105 cm³/mol. The van der Waals surface area contributed by atoms with Crippen molar-refractivity contribution in [2.75, 3.05) is 13.1 Å². The van der Waals surface area contributed by atoms with Gasteiger partial charge in [0.1, 0.15) is 0 Å². The van der Waals surface area contributed by atoms with Gasteiger partial charge in [-0.25, -0.2) is 4.68 Å². The van der Waals surface area contributed by atoms with Crippen molar-refractivity contribution in [3.63, 3.8) is 0 Å². The number of nitrogens with one attached hydrogen (secondary N) is 1. The second-order valence-corrected chi connectivity index (χ2v) is 6.18. The molecule has 0 spiro atoms. The first-order valence-corrected chi connectivity index (χ1v) is 8.88. The van der Waals surface area contributed by atoms with Gasteiger partial charge in [-0.15, -0.1) is 0 Å². The van der Waals surface area contributed by atoms with Crippen LogP contribution in [0.1, 0.15) is 22.3 Å². The van der Waals surface area contributed by atoms with E-state index in [4.69, 9.17) is 5.73 Å². The number of rotatable bonds is 7. The predicted octanol–water partition coefficient (Wildman–Crippen LogP) is 2.04. The van der Waals surface area contributed by atoms with Crippen molar-refractivity contribution in [3.05, 3.63) is 88.2 Å². The summed E-state index contributed by atoms with van der Waals surface area (Å²) < 4.78 is 1.43. The molecule has 0 atom stereocenters. The van der Waals surface area contributed by atoms with Gasteiger partial charge in [-0.05, 0) is 36.7 Å². The lowest BCUT2D eigenvalue weighted by molar-refractivity contribution is 0.0953. The average molecular weight is 362 g/mol. The van der Waals surface area contributed by atoms with E-state index in [9.17, 15) is 9.59 Å². The van der Waals surface area contributed by atoms with Crippen LogP contribution in [0, 0.1) is 0 Å². The van der Waals surface area contributed by atoms with Crippen LogP contribution in [0.4, 0.5) is 0 Å². The van der Waals surface area contributed by atoms with E-state index in [-0.39, 0.29) is 11.5 Å². The summed E-state index contributed by atoms with van der Waals surface area (Å²) in [5.41, 5.74) is 8.25. The standard InChI is InChI=1S/C21H22N4O2/c22-12-5-13-23-21(27)18-9-4-8-17(14-18)19-10-11-20(26)25(24-19)15-16-6-2-1-3-7-16/h1-4,6-11,14H,5,12-13,15,22H2,(H,23,27). The molecule has 0 aliphatic rings. The molecule has 0 aliphatic carbocycles. The van der Waals surface area contributed by atoms with Crippen molar-refractivity contribution in [1.29, 1.82) is 0 Å². The van der Waals surface area contributed by atoms with Crippen LogP contribution < -0.4 is 16.6 Å². The number of nitrogens with zero attached hydrogens (tertiary/aromatic N) is 2. The Morgan fingerprint density at radius 2 is 1.85 bits per heavy atom. The maximum atomic E-state index is 12.2. The molecular weight excluding hydrogens is 340 g/mol. The molecule has 138 valence electrons. The summed E-state index contributed by atoms with van der Waals surface area (Å²) >= 11 is 0. The summed E-state index contributed by atoms with van der Waals surface area (Å²) in [6.07, 6.45) is 0.734. The minimum atomic E-state index is -0.168. The van der Waals surface area contributed by atoms with Gasteiger partial charge in [0.2, 0.25) is 0 Å². The second kappa shape index (κ2) is 8.91. The van der Waals surface area contributed by atoms with E-state index >= 15 is 0 Å². The van der Waals surface area contributed by atoms with Crippen LogP contribution in [-0.2, 0) is 6.54 Å². The van der Waals surface area contributed by atoms with Crippen LogP contribution in [-0.4, -0.2) is 28.8 Å². The van der Waals surface area contributed by atoms with Gasteiger partial charge in [-0.3, -0.25) is 9.59 Å². The van der Waals surface area contributed by atoms with E-state index in [1.165, 1.54) is 10.7 Å². The van der Waals surface area contributed by atoms with E-state index in [2.05, 4.69) is 10.4 Å². The van der Waals surface area contributed by atoms with Gasteiger partial charge in [0, 0.05) is 23.7 Å². The highest BCUT2D eigenvalue weighted by Crippen LogP contribution is 2.17. The Kier molecular flexibility index (Phi) is 6.12. The summed E-state index contributed by atoms with van der Waals surface area (Å²) in [5.74, 6) is -0.150. The summed E-state index contributed by atoms with van der Waals surface area (Å²) in [5, 5.41) is 7.31. The minimum Gasteiger partial charge on any atom is -0.352 e. The molecule has 1 heterocycles. The number of hydrogen-bond donors (Lipinski definition) is 2. The first-order chi connectivity index (χ1) is 13.2. The Hall–Kier alpha value is -3.25. The molecule has 6 nitrogen and oxygen atoms in total. The Morgan fingerprint density at radius 1 is 1.04 bits per heavy atom. The molecule has 0 bridgehead atoms. The molecule has 6 heteroatoms. The van der Waals surface area contributed by atoms with E-state index in [0.29, 0.717) is 30.9 Å². The quantitative estimate of drug-likeness (QED) is 0.630. The zero-order valence-corrected chi connectivity index (χ0v) is 15.0. The fraction of sp³-hybridized carbons (Fsp3) is 0.190. The van der Waals surface area contributed by atoms with Crippen molar-refractivity contribution in [2.45, 2.75) is 13.0 Å². The van der Waals surface area contributed by atoms with Crippen molar-refractivity contribution < 1.29 is 4.79 Å². The van der Waals surface area contributed by atoms with Gasteiger partial charge in [0.25, 0.3) is 11.5 Å². The van der Waals surface area contributed by atoms with Gasteiger partial charge >= 0.3 is 0 Å². The van der Waals surface area contributed by atoms with Crippen LogP contribution in [0.25, 0.3) is 11.3 Å². The van der Waals surface area contributed by atoms with Crippen LogP contribution in [0.15, 0.2) is 71.5 Å². The molecule has 3 N–H and O–H groups in total. The fourth-order valence-corrected chi connectivity index (χ4v) is 2.70. The van der Waals surface area contributed by atoms with Gasteiger partial charge in [0.05, 0.1) is 12.2 Å². The van der Waals surface area contributed by atoms with Crippen LogP contribution >= 0.6 is 0 Å². The van der Waals surface area contributed by atoms with Crippen molar-refractivity contribution in [2.24, 2.45) is 5.73 Å². The molecule has 3 aromatic rings. The molecule has 0 saturated carbocycles. The number of aromatic nitrogens is 2. The Morgan fingerprint density at radius 3 is 2.63 bits per heavy atom. The third kappa shape index (κ3) is 4.89. The first kappa shape index (κ1) is 18.5. The van der Waals surface area contributed by atoms with Crippen LogP contribution in [0.2, 0.25) is 0 Å². The van der Waals surface area contributed by atoms with Crippen molar-refractivity contribution in [3.8, 4) is 11.3 Å². The molecule has 0 radical (unpaired) electrons. The monoisotopic (exact) mass is 362 g/mol. The number of benzene rings is 2. The van der Waals surface area contributed by atoms with E-state index < -0.39 is 0 Å². The molecule has 3 rings (SSSR count). The topological polar surface area (TPSA) is 90.0 Å². The SMILES string of the molecule is NCCCNC(=O)c1cccc(-c2ccc(=O)n(Cc3ccccc3)n2)c1. The van der Waals surface area contributed by atoms with Gasteiger partial charge in [-0.1, -0.05) is 42.5 Å². The Labute approximate surface area is 157 Å². The molecule has 0 fully saturated rings. The zero-order chi connectivity index (χ0) is 19.1. The van der Waals surface area contributed by atoms with E-state index in [0.717, 1.165) is 17.5 Å². The average Bonchev–Trinajstić information content (AvgIpc) is 2.70. The van der Waals surface area contributed by atoms with Crippen LogP contribution in [0.3, 0.4) is 0 Å². The maximum Gasteiger partial charge on any atom is 0.267 e. The molecule has 27 heavy (non-hydrogen) atoms. The lowest BCUT2D eigenvalue weighted by atomic mass is 10.1. The summed E-state index contributed by atoms with van der Waals surface area (Å²) in [6, 6.07) is 20.1. The number of amides is 1. The number of nitrogens with two attached hydrogens (primary N) is 1. The summed E-state index contributed by atoms with van der Waals surface area (Å²) in [6.45, 7) is 1.47. The highest BCUT2D eigenvalue weighted by molar-refractivity contribution is 5.95. The van der Waals surface area contributed by atoms with E-state index in [1.54, 1.807) is 18.2 Å². The van der Waals surface area contributed by atoms with Crippen molar-refractivity contribution in [1.82, 2.24) is 15.1 Å². The smallest absolute Gasteiger partial charge is 0.267 e. The minimum absolute atomic E-state index is 0.150. The van der Waals surface area contributed by atoms with Gasteiger partial charge in [0.15, 0.2) is 0 Å². The summed E-state index contributed by atoms with van der Waals surface area (Å²) in [7, 11) is 0. The zero-order valence-electron chi connectivity index (χ0n) is 15.0. The number of carbonyl (C=O) groups excluding carboxylic acids is 1. The van der Waals surface area contributed by atoms with E-state index in [1.807, 2.05) is 42.5 Å². The largest absolute Gasteiger partial charge is 0.352 e. The van der Waals surface area contributed by atoms with Crippen molar-refractivity contribution >= 4 is 5.91 Å². The number of hydrogen-bond acceptors (Lipinski definition) is 4.